The molecular formula is C17H20ClN3O3. The summed E-state index contributed by atoms with van der Waals surface area (Å²) in [5, 5.41) is 4.73. The van der Waals surface area contributed by atoms with E-state index in [0.29, 0.717) is 36.0 Å². The van der Waals surface area contributed by atoms with Crippen molar-refractivity contribution in [3.8, 4) is 5.75 Å². The highest BCUT2D eigenvalue weighted by Gasteiger charge is 2.37. The third-order valence-corrected chi connectivity index (χ3v) is 4.51. The van der Waals surface area contributed by atoms with Crippen LogP contribution in [0.25, 0.3) is 0 Å². The van der Waals surface area contributed by atoms with E-state index in [2.05, 4.69) is 5.10 Å². The second-order valence-electron chi connectivity index (χ2n) is 6.05. The Morgan fingerprint density at radius 1 is 1.46 bits per heavy atom. The van der Waals surface area contributed by atoms with Gasteiger partial charge in [0.05, 0.1) is 32.0 Å². The van der Waals surface area contributed by atoms with E-state index < -0.39 is 5.60 Å². The van der Waals surface area contributed by atoms with Gasteiger partial charge in [-0.2, -0.15) is 5.10 Å². The molecule has 0 radical (unpaired) electrons. The third kappa shape index (κ3) is 3.12. The van der Waals surface area contributed by atoms with Crippen molar-refractivity contribution in [1.82, 2.24) is 14.7 Å². The summed E-state index contributed by atoms with van der Waals surface area (Å²) in [6.07, 6.45) is 3.69. The largest absolute Gasteiger partial charge is 0.496 e. The Balaban J connectivity index is 1.86. The first-order valence-electron chi connectivity index (χ1n) is 7.69. The number of amides is 1. The molecule has 2 heterocycles. The first kappa shape index (κ1) is 16.8. The zero-order valence-electron chi connectivity index (χ0n) is 14.0. The molecule has 1 atom stereocenters. The Hall–Kier alpha value is -2.05. The van der Waals surface area contributed by atoms with Crippen LogP contribution in [0.15, 0.2) is 30.6 Å². The van der Waals surface area contributed by atoms with Gasteiger partial charge in [-0.25, -0.2) is 0 Å². The quantitative estimate of drug-likeness (QED) is 0.854. The van der Waals surface area contributed by atoms with E-state index in [4.69, 9.17) is 21.1 Å². The topological polar surface area (TPSA) is 56.6 Å². The van der Waals surface area contributed by atoms with Gasteiger partial charge >= 0.3 is 0 Å². The van der Waals surface area contributed by atoms with E-state index in [-0.39, 0.29) is 5.91 Å². The third-order valence-electron chi connectivity index (χ3n) is 4.27. The van der Waals surface area contributed by atoms with Crippen molar-refractivity contribution in [3.63, 3.8) is 0 Å². The van der Waals surface area contributed by atoms with E-state index in [9.17, 15) is 4.79 Å². The normalized spacial score (nSPS) is 20.9. The highest BCUT2D eigenvalue weighted by atomic mass is 35.5. The van der Waals surface area contributed by atoms with Crippen molar-refractivity contribution >= 4 is 17.5 Å². The van der Waals surface area contributed by atoms with Gasteiger partial charge in [0.25, 0.3) is 5.91 Å². The number of methoxy groups -OCH3 is 1. The summed E-state index contributed by atoms with van der Waals surface area (Å²) in [5.74, 6) is 0.379. The molecule has 1 aromatic heterocycles. The molecule has 0 aliphatic carbocycles. The fraction of sp³-hybridized carbons (Fsp3) is 0.412. The van der Waals surface area contributed by atoms with Gasteiger partial charge in [0.2, 0.25) is 0 Å². The van der Waals surface area contributed by atoms with E-state index in [1.165, 1.54) is 7.11 Å². The number of rotatable bonds is 3. The molecule has 1 amide bonds. The number of aromatic nitrogens is 2. The molecule has 128 valence electrons. The van der Waals surface area contributed by atoms with Crippen molar-refractivity contribution in [3.05, 3.63) is 46.7 Å². The van der Waals surface area contributed by atoms with Crippen molar-refractivity contribution in [2.24, 2.45) is 7.05 Å². The number of morpholine rings is 1. The smallest absolute Gasteiger partial charge is 0.257 e. The number of carbonyl (C=O) groups is 1. The SMILES string of the molecule is COc1cc(Cl)ccc1C(=O)N1CCO[C@@](C)(c2cnn(C)c2)C1. The molecule has 1 fully saturated rings. The molecule has 1 saturated heterocycles. The maximum atomic E-state index is 12.9. The van der Waals surface area contributed by atoms with Crippen LogP contribution in [0.1, 0.15) is 22.8 Å². The van der Waals surface area contributed by atoms with Crippen LogP contribution in [0.5, 0.6) is 5.75 Å². The van der Waals surface area contributed by atoms with E-state index in [0.717, 1.165) is 5.56 Å². The number of benzene rings is 1. The number of aryl methyl sites for hydroxylation is 1. The van der Waals surface area contributed by atoms with Crippen LogP contribution in [0, 0.1) is 0 Å². The predicted molar refractivity (Wildman–Crippen MR) is 90.4 cm³/mol. The molecule has 1 aliphatic heterocycles. The second-order valence-corrected chi connectivity index (χ2v) is 6.49. The molecule has 0 saturated carbocycles. The number of halogens is 1. The average molecular weight is 350 g/mol. The predicted octanol–water partition coefficient (Wildman–Crippen LogP) is 2.47. The van der Waals surface area contributed by atoms with Gasteiger partial charge in [-0.3, -0.25) is 9.48 Å². The molecular weight excluding hydrogens is 330 g/mol. The average Bonchev–Trinajstić information content (AvgIpc) is 3.01. The summed E-state index contributed by atoms with van der Waals surface area (Å²) < 4.78 is 13.0. The van der Waals surface area contributed by atoms with Gasteiger partial charge in [-0.05, 0) is 25.1 Å². The minimum Gasteiger partial charge on any atom is -0.496 e. The second kappa shape index (κ2) is 6.45. The van der Waals surface area contributed by atoms with E-state index >= 15 is 0 Å². The van der Waals surface area contributed by atoms with Crippen LogP contribution in [-0.4, -0.2) is 47.4 Å². The first-order chi connectivity index (χ1) is 11.4. The summed E-state index contributed by atoms with van der Waals surface area (Å²) in [4.78, 5) is 14.7. The Morgan fingerprint density at radius 3 is 2.92 bits per heavy atom. The molecule has 7 heteroatoms. The van der Waals surface area contributed by atoms with Gasteiger partial charge in [-0.1, -0.05) is 11.6 Å². The van der Waals surface area contributed by atoms with Gasteiger partial charge in [-0.15, -0.1) is 0 Å². The molecule has 0 N–H and O–H groups in total. The highest BCUT2D eigenvalue weighted by molar-refractivity contribution is 6.30. The lowest BCUT2D eigenvalue weighted by Crippen LogP contribution is -2.50. The van der Waals surface area contributed by atoms with Crippen molar-refractivity contribution in [1.29, 1.82) is 0 Å². The molecule has 0 bridgehead atoms. The number of nitrogens with zero attached hydrogens (tertiary/aromatic N) is 3. The zero-order valence-corrected chi connectivity index (χ0v) is 14.7. The van der Waals surface area contributed by atoms with Crippen LogP contribution in [0.4, 0.5) is 0 Å². The van der Waals surface area contributed by atoms with Crippen molar-refractivity contribution < 1.29 is 14.3 Å². The highest BCUT2D eigenvalue weighted by Crippen LogP contribution is 2.31. The van der Waals surface area contributed by atoms with Gasteiger partial charge in [0.1, 0.15) is 11.4 Å². The number of carbonyl (C=O) groups excluding carboxylic acids is 1. The van der Waals surface area contributed by atoms with Crippen LogP contribution in [-0.2, 0) is 17.4 Å². The summed E-state index contributed by atoms with van der Waals surface area (Å²) in [7, 11) is 3.39. The van der Waals surface area contributed by atoms with Gasteiger partial charge in [0, 0.05) is 30.4 Å². The van der Waals surface area contributed by atoms with Gasteiger partial charge in [0.15, 0.2) is 0 Å². The minimum absolute atomic E-state index is 0.0954. The molecule has 6 nitrogen and oxygen atoms in total. The number of hydrogen-bond acceptors (Lipinski definition) is 4. The maximum Gasteiger partial charge on any atom is 0.257 e. The van der Waals surface area contributed by atoms with Crippen LogP contribution < -0.4 is 4.74 Å². The Morgan fingerprint density at radius 2 is 2.25 bits per heavy atom. The lowest BCUT2D eigenvalue weighted by Gasteiger charge is -2.40. The molecule has 3 rings (SSSR count). The number of hydrogen-bond donors (Lipinski definition) is 0. The maximum absolute atomic E-state index is 12.9. The molecule has 1 aliphatic rings. The summed E-state index contributed by atoms with van der Waals surface area (Å²) in [6, 6.07) is 5.04. The van der Waals surface area contributed by atoms with Crippen LogP contribution in [0.3, 0.4) is 0 Å². The lowest BCUT2D eigenvalue weighted by molar-refractivity contribution is -0.0931. The Kier molecular flexibility index (Phi) is 4.51. The summed E-state index contributed by atoms with van der Waals surface area (Å²) in [6.45, 7) is 3.42. The monoisotopic (exact) mass is 349 g/mol. The molecule has 2 aromatic rings. The zero-order chi connectivity index (χ0) is 17.3. The Bertz CT molecular complexity index is 761. The Labute approximate surface area is 145 Å². The minimum atomic E-state index is -0.582. The fourth-order valence-electron chi connectivity index (χ4n) is 2.92. The first-order valence-corrected chi connectivity index (χ1v) is 8.06. The van der Waals surface area contributed by atoms with Crippen molar-refractivity contribution in [2.75, 3.05) is 26.8 Å². The standard InChI is InChI=1S/C17H20ClN3O3/c1-17(12-9-19-20(2)10-12)11-21(6-7-24-17)16(22)14-5-4-13(18)8-15(14)23-3/h4-5,8-10H,6-7,11H2,1-3H3/t17-/m1/s1. The van der Waals surface area contributed by atoms with Gasteiger partial charge < -0.3 is 14.4 Å². The lowest BCUT2D eigenvalue weighted by atomic mass is 9.96. The van der Waals surface area contributed by atoms with Crippen molar-refractivity contribution in [2.45, 2.75) is 12.5 Å². The molecule has 24 heavy (non-hydrogen) atoms. The molecule has 0 spiro atoms. The van der Waals surface area contributed by atoms with Crippen LogP contribution in [0.2, 0.25) is 5.02 Å². The summed E-state index contributed by atoms with van der Waals surface area (Å²) in [5.41, 5.74) is 0.866. The van der Waals surface area contributed by atoms with Crippen LogP contribution >= 0.6 is 11.6 Å². The number of ether oxygens (including phenoxy) is 2. The fourth-order valence-corrected chi connectivity index (χ4v) is 3.09. The van der Waals surface area contributed by atoms with E-state index in [1.807, 2.05) is 20.2 Å². The summed E-state index contributed by atoms with van der Waals surface area (Å²) >= 11 is 5.98. The molecule has 0 unspecified atom stereocenters. The molecule has 1 aromatic carbocycles. The van der Waals surface area contributed by atoms with E-state index in [1.54, 1.807) is 34.0 Å².